The summed E-state index contributed by atoms with van der Waals surface area (Å²) in [5.74, 6) is -0.277. The van der Waals surface area contributed by atoms with Crippen LogP contribution in [-0.2, 0) is 0 Å². The van der Waals surface area contributed by atoms with Crippen molar-refractivity contribution in [2.75, 3.05) is 6.61 Å². The molecule has 0 fully saturated rings. The Morgan fingerprint density at radius 3 is 2.82 bits per heavy atom. The Morgan fingerprint density at radius 1 is 1.55 bits per heavy atom. The molecule has 0 amide bonds. The first-order valence-electron chi connectivity index (χ1n) is 3.17. The largest absolute Gasteiger partial charge is 0.388 e. The lowest BCUT2D eigenvalue weighted by atomic mass is 10.1. The smallest absolute Gasteiger partial charge is 0.188 e. The first kappa shape index (κ1) is 8.30. The number of hydrogen-bond acceptors (Lipinski definition) is 3. The third-order valence-corrected chi connectivity index (χ3v) is 1.59. The normalized spacial score (nSPS) is 9.64. The molecule has 0 spiro atoms. The van der Waals surface area contributed by atoms with Gasteiger partial charge in [0.05, 0.1) is 0 Å². The summed E-state index contributed by atoms with van der Waals surface area (Å²) in [6.07, 6.45) is 0. The van der Waals surface area contributed by atoms with E-state index in [1.807, 2.05) is 0 Å². The van der Waals surface area contributed by atoms with Gasteiger partial charge in [-0.3, -0.25) is 4.79 Å². The molecule has 0 saturated heterocycles. The predicted molar refractivity (Wildman–Crippen MR) is 45.1 cm³/mol. The number of carbonyl (C=O) groups is 1. The number of benzene rings is 1. The van der Waals surface area contributed by atoms with Gasteiger partial charge in [0.2, 0.25) is 0 Å². The Bertz CT molecular complexity index is 271. The molecule has 0 unspecified atom stereocenters. The fraction of sp³-hybridized carbons (Fsp3) is 0.125. The summed E-state index contributed by atoms with van der Waals surface area (Å²) in [5.41, 5.74) is 0.500. The van der Waals surface area contributed by atoms with Gasteiger partial charge in [0.15, 0.2) is 5.78 Å². The Morgan fingerprint density at radius 2 is 2.27 bits per heavy atom. The number of thiol groups is 1. The average molecular weight is 168 g/mol. The van der Waals surface area contributed by atoms with Crippen molar-refractivity contribution in [1.29, 1.82) is 0 Å². The number of carbonyl (C=O) groups excluding carboxylic acids is 1. The summed E-state index contributed by atoms with van der Waals surface area (Å²) >= 11 is 4.05. The highest BCUT2D eigenvalue weighted by Gasteiger charge is 2.02. The Balaban J connectivity index is 2.96. The summed E-state index contributed by atoms with van der Waals surface area (Å²) in [6.45, 7) is -0.447. The van der Waals surface area contributed by atoms with Gasteiger partial charge in [-0.15, -0.1) is 12.6 Å². The van der Waals surface area contributed by atoms with Gasteiger partial charge in [0.25, 0.3) is 0 Å². The van der Waals surface area contributed by atoms with Crippen molar-refractivity contribution in [3.8, 4) is 0 Å². The molecule has 0 heterocycles. The summed E-state index contributed by atoms with van der Waals surface area (Å²) in [6, 6.07) is 6.78. The SMILES string of the molecule is O=C(CO)c1cccc(S)c1. The van der Waals surface area contributed by atoms with Crippen LogP contribution < -0.4 is 0 Å². The average Bonchev–Trinajstić information content (AvgIpc) is 2.03. The van der Waals surface area contributed by atoms with Crippen molar-refractivity contribution >= 4 is 18.4 Å². The lowest BCUT2D eigenvalue weighted by Crippen LogP contribution is -2.03. The van der Waals surface area contributed by atoms with E-state index in [1.165, 1.54) is 0 Å². The van der Waals surface area contributed by atoms with Crippen molar-refractivity contribution < 1.29 is 9.90 Å². The van der Waals surface area contributed by atoms with Crippen LogP contribution in [0.2, 0.25) is 0 Å². The maximum atomic E-state index is 10.9. The van der Waals surface area contributed by atoms with E-state index in [0.29, 0.717) is 5.56 Å². The van der Waals surface area contributed by atoms with Crippen LogP contribution in [0.25, 0.3) is 0 Å². The molecule has 0 aliphatic carbocycles. The summed E-state index contributed by atoms with van der Waals surface area (Å²) < 4.78 is 0. The van der Waals surface area contributed by atoms with Crippen LogP contribution in [0.15, 0.2) is 29.2 Å². The molecule has 0 saturated carbocycles. The van der Waals surface area contributed by atoms with Gasteiger partial charge in [-0.2, -0.15) is 0 Å². The molecule has 58 valence electrons. The quantitative estimate of drug-likeness (QED) is 0.513. The molecule has 1 aromatic rings. The maximum Gasteiger partial charge on any atom is 0.188 e. The van der Waals surface area contributed by atoms with Crippen molar-refractivity contribution in [3.63, 3.8) is 0 Å². The topological polar surface area (TPSA) is 37.3 Å². The highest BCUT2D eigenvalue weighted by molar-refractivity contribution is 7.80. The van der Waals surface area contributed by atoms with Gasteiger partial charge in [-0.25, -0.2) is 0 Å². The van der Waals surface area contributed by atoms with Gasteiger partial charge >= 0.3 is 0 Å². The lowest BCUT2D eigenvalue weighted by Gasteiger charge is -1.96. The fourth-order valence-electron chi connectivity index (χ4n) is 0.771. The van der Waals surface area contributed by atoms with Crippen LogP contribution in [0.4, 0.5) is 0 Å². The second-order valence-electron chi connectivity index (χ2n) is 2.13. The van der Waals surface area contributed by atoms with Crippen molar-refractivity contribution in [2.24, 2.45) is 0 Å². The van der Waals surface area contributed by atoms with E-state index < -0.39 is 6.61 Å². The number of Topliss-reactive ketones (excluding diaryl/α,β-unsaturated/α-hetero) is 1. The molecule has 0 aliphatic heterocycles. The Labute approximate surface area is 70.3 Å². The molecule has 1 N–H and O–H groups in total. The molecule has 3 heteroatoms. The van der Waals surface area contributed by atoms with E-state index in [1.54, 1.807) is 24.3 Å². The molecular weight excluding hydrogens is 160 g/mol. The van der Waals surface area contributed by atoms with E-state index in [4.69, 9.17) is 5.11 Å². The molecule has 0 bridgehead atoms. The number of aliphatic hydroxyl groups is 1. The van der Waals surface area contributed by atoms with Crippen molar-refractivity contribution in [2.45, 2.75) is 4.90 Å². The monoisotopic (exact) mass is 168 g/mol. The van der Waals surface area contributed by atoms with Crippen molar-refractivity contribution in [1.82, 2.24) is 0 Å². The molecule has 0 radical (unpaired) electrons. The molecule has 0 aromatic heterocycles. The first-order valence-corrected chi connectivity index (χ1v) is 3.62. The zero-order valence-corrected chi connectivity index (χ0v) is 6.71. The highest BCUT2D eigenvalue weighted by atomic mass is 32.1. The van der Waals surface area contributed by atoms with E-state index >= 15 is 0 Å². The van der Waals surface area contributed by atoms with Gasteiger partial charge < -0.3 is 5.11 Å². The van der Waals surface area contributed by atoms with Crippen LogP contribution in [-0.4, -0.2) is 17.5 Å². The third kappa shape index (κ3) is 2.06. The maximum absolute atomic E-state index is 10.9. The van der Waals surface area contributed by atoms with E-state index in [-0.39, 0.29) is 5.78 Å². The van der Waals surface area contributed by atoms with Gasteiger partial charge in [0, 0.05) is 10.5 Å². The molecule has 0 atom stereocenters. The molecule has 11 heavy (non-hydrogen) atoms. The standard InChI is InChI=1S/C8H8O2S/c9-5-8(10)6-2-1-3-7(11)4-6/h1-4,9,11H,5H2. The van der Waals surface area contributed by atoms with Crippen LogP contribution in [0, 0.1) is 0 Å². The lowest BCUT2D eigenvalue weighted by molar-refractivity contribution is 0.0903. The fourth-order valence-corrected chi connectivity index (χ4v) is 0.996. The Kier molecular flexibility index (Phi) is 2.68. The minimum Gasteiger partial charge on any atom is -0.388 e. The summed E-state index contributed by atoms with van der Waals surface area (Å²) in [7, 11) is 0. The second-order valence-corrected chi connectivity index (χ2v) is 2.65. The van der Waals surface area contributed by atoms with Crippen LogP contribution >= 0.6 is 12.6 Å². The number of ketones is 1. The van der Waals surface area contributed by atoms with Crippen molar-refractivity contribution in [3.05, 3.63) is 29.8 Å². The summed E-state index contributed by atoms with van der Waals surface area (Å²) in [5, 5.41) is 8.50. The molecular formula is C8H8O2S. The first-order chi connectivity index (χ1) is 5.24. The van der Waals surface area contributed by atoms with Gasteiger partial charge in [0.1, 0.15) is 6.61 Å². The Hall–Kier alpha value is -0.800. The molecule has 2 nitrogen and oxygen atoms in total. The molecule has 1 aromatic carbocycles. The van der Waals surface area contributed by atoms with E-state index in [0.717, 1.165) is 4.90 Å². The second kappa shape index (κ2) is 3.55. The van der Waals surface area contributed by atoms with Crippen LogP contribution in [0.3, 0.4) is 0 Å². The van der Waals surface area contributed by atoms with Crippen LogP contribution in [0.1, 0.15) is 10.4 Å². The highest BCUT2D eigenvalue weighted by Crippen LogP contribution is 2.08. The van der Waals surface area contributed by atoms with E-state index in [9.17, 15) is 4.79 Å². The zero-order valence-electron chi connectivity index (χ0n) is 5.82. The van der Waals surface area contributed by atoms with Gasteiger partial charge in [-0.05, 0) is 12.1 Å². The minimum atomic E-state index is -0.447. The zero-order chi connectivity index (χ0) is 8.27. The minimum absolute atomic E-state index is 0.277. The number of hydrogen-bond donors (Lipinski definition) is 2. The third-order valence-electron chi connectivity index (χ3n) is 1.31. The molecule has 1 rings (SSSR count). The number of rotatable bonds is 2. The number of aliphatic hydroxyl groups excluding tert-OH is 1. The summed E-state index contributed by atoms with van der Waals surface area (Å²) in [4.78, 5) is 11.6. The van der Waals surface area contributed by atoms with E-state index in [2.05, 4.69) is 12.6 Å². The molecule has 0 aliphatic rings. The van der Waals surface area contributed by atoms with Gasteiger partial charge in [-0.1, -0.05) is 12.1 Å². The predicted octanol–water partition coefficient (Wildman–Crippen LogP) is 1.15. The van der Waals surface area contributed by atoms with Crippen LogP contribution in [0.5, 0.6) is 0 Å².